The Morgan fingerprint density at radius 3 is 2.64 bits per heavy atom. The lowest BCUT2D eigenvalue weighted by Gasteiger charge is -2.14. The molecular weight excluding hydrogens is 138 g/mol. The molecule has 62 valence electrons. The number of rotatable bonds is 1. The minimum atomic E-state index is 0.220. The van der Waals surface area contributed by atoms with Crippen LogP contribution in [0.5, 0.6) is 0 Å². The molecule has 1 saturated carbocycles. The quantitative estimate of drug-likeness (QED) is 0.522. The first-order valence-corrected chi connectivity index (χ1v) is 3.99. The minimum Gasteiger partial charge on any atom is -0.349 e. The smallest absolute Gasteiger partial charge is 0.225 e. The molecule has 0 spiro atoms. The van der Waals surface area contributed by atoms with Gasteiger partial charge in [0.25, 0.3) is 0 Å². The molecule has 0 radical (unpaired) electrons. The van der Waals surface area contributed by atoms with Gasteiger partial charge in [0, 0.05) is 20.0 Å². The summed E-state index contributed by atoms with van der Waals surface area (Å²) in [5.41, 5.74) is 1.23. The average molecular weight is 153 g/mol. The average Bonchev–Trinajstić information content (AvgIpc) is 2.34. The lowest BCUT2D eigenvalue weighted by molar-refractivity contribution is -0.132. The van der Waals surface area contributed by atoms with Crippen LogP contribution < -0.4 is 0 Å². The van der Waals surface area contributed by atoms with E-state index in [9.17, 15) is 4.79 Å². The molecule has 0 aromatic rings. The summed E-state index contributed by atoms with van der Waals surface area (Å²) >= 11 is 0. The zero-order chi connectivity index (χ0) is 8.43. The standard InChI is InChI=1S/C9H15NO/c1-7-4-5-8(6-7)9(11)10(2)3/h8H,1,4-6H2,2-3H3. The SMILES string of the molecule is C=C1CCC(C(=O)N(C)C)C1. The molecule has 1 aliphatic carbocycles. The zero-order valence-corrected chi connectivity index (χ0v) is 7.26. The van der Waals surface area contributed by atoms with E-state index >= 15 is 0 Å². The van der Waals surface area contributed by atoms with Gasteiger partial charge in [-0.1, -0.05) is 12.2 Å². The van der Waals surface area contributed by atoms with Crippen molar-refractivity contribution in [3.8, 4) is 0 Å². The first-order valence-electron chi connectivity index (χ1n) is 3.99. The normalized spacial score (nSPS) is 23.8. The molecule has 1 atom stereocenters. The van der Waals surface area contributed by atoms with Crippen molar-refractivity contribution in [2.24, 2.45) is 5.92 Å². The Hall–Kier alpha value is -0.790. The largest absolute Gasteiger partial charge is 0.349 e. The van der Waals surface area contributed by atoms with Crippen LogP contribution in [0.15, 0.2) is 12.2 Å². The van der Waals surface area contributed by atoms with Crippen LogP contribution in [-0.2, 0) is 4.79 Å². The Kier molecular flexibility index (Phi) is 2.32. The summed E-state index contributed by atoms with van der Waals surface area (Å²) in [6, 6.07) is 0. The van der Waals surface area contributed by atoms with Gasteiger partial charge in [0.1, 0.15) is 0 Å². The van der Waals surface area contributed by atoms with Crippen LogP contribution in [0, 0.1) is 5.92 Å². The maximum atomic E-state index is 11.4. The molecule has 1 amide bonds. The van der Waals surface area contributed by atoms with Gasteiger partial charge in [0.05, 0.1) is 0 Å². The highest BCUT2D eigenvalue weighted by molar-refractivity contribution is 5.79. The van der Waals surface area contributed by atoms with Crippen molar-refractivity contribution in [3.05, 3.63) is 12.2 Å². The summed E-state index contributed by atoms with van der Waals surface area (Å²) in [6.07, 6.45) is 2.93. The highest BCUT2D eigenvalue weighted by atomic mass is 16.2. The van der Waals surface area contributed by atoms with Gasteiger partial charge in [-0.2, -0.15) is 0 Å². The summed E-state index contributed by atoms with van der Waals surface area (Å²) in [7, 11) is 3.62. The highest BCUT2D eigenvalue weighted by Gasteiger charge is 2.25. The molecule has 1 aliphatic rings. The second-order valence-corrected chi connectivity index (χ2v) is 3.42. The fourth-order valence-electron chi connectivity index (χ4n) is 1.51. The Labute approximate surface area is 67.9 Å². The number of nitrogens with zero attached hydrogens (tertiary/aromatic N) is 1. The van der Waals surface area contributed by atoms with Crippen LogP contribution in [-0.4, -0.2) is 24.9 Å². The second-order valence-electron chi connectivity index (χ2n) is 3.42. The lowest BCUT2D eigenvalue weighted by atomic mass is 10.1. The van der Waals surface area contributed by atoms with E-state index < -0.39 is 0 Å². The van der Waals surface area contributed by atoms with Gasteiger partial charge >= 0.3 is 0 Å². The molecule has 1 unspecified atom stereocenters. The van der Waals surface area contributed by atoms with E-state index in [0.717, 1.165) is 19.3 Å². The Bertz CT molecular complexity index is 184. The van der Waals surface area contributed by atoms with Crippen LogP contribution >= 0.6 is 0 Å². The topological polar surface area (TPSA) is 20.3 Å². The summed E-state index contributed by atoms with van der Waals surface area (Å²) in [5.74, 6) is 0.473. The molecule has 0 bridgehead atoms. The predicted molar refractivity (Wildman–Crippen MR) is 45.2 cm³/mol. The van der Waals surface area contributed by atoms with Crippen molar-refractivity contribution in [3.63, 3.8) is 0 Å². The number of carbonyl (C=O) groups is 1. The van der Waals surface area contributed by atoms with Crippen molar-refractivity contribution in [1.82, 2.24) is 4.90 Å². The maximum Gasteiger partial charge on any atom is 0.225 e. The third-order valence-electron chi connectivity index (χ3n) is 2.17. The summed E-state index contributed by atoms with van der Waals surface area (Å²) in [6.45, 7) is 3.88. The molecule has 0 aliphatic heterocycles. The number of amides is 1. The molecule has 0 heterocycles. The van der Waals surface area contributed by atoms with E-state index in [-0.39, 0.29) is 11.8 Å². The summed E-state index contributed by atoms with van der Waals surface area (Å²) in [4.78, 5) is 13.0. The van der Waals surface area contributed by atoms with Gasteiger partial charge in [-0.25, -0.2) is 0 Å². The van der Waals surface area contributed by atoms with E-state index in [1.54, 1.807) is 4.90 Å². The molecule has 0 saturated heterocycles. The van der Waals surface area contributed by atoms with Crippen molar-refractivity contribution in [2.75, 3.05) is 14.1 Å². The molecule has 1 rings (SSSR count). The fourth-order valence-corrected chi connectivity index (χ4v) is 1.51. The Balaban J connectivity index is 2.50. The number of allylic oxidation sites excluding steroid dienone is 1. The van der Waals surface area contributed by atoms with Crippen LogP contribution in [0.3, 0.4) is 0 Å². The van der Waals surface area contributed by atoms with Crippen LogP contribution in [0.2, 0.25) is 0 Å². The van der Waals surface area contributed by atoms with Gasteiger partial charge in [0.2, 0.25) is 5.91 Å². The number of carbonyl (C=O) groups excluding carboxylic acids is 1. The minimum absolute atomic E-state index is 0.220. The van der Waals surface area contributed by atoms with E-state index in [1.165, 1.54) is 5.57 Å². The van der Waals surface area contributed by atoms with Crippen molar-refractivity contribution >= 4 is 5.91 Å². The van der Waals surface area contributed by atoms with Crippen molar-refractivity contribution in [1.29, 1.82) is 0 Å². The zero-order valence-electron chi connectivity index (χ0n) is 7.26. The first kappa shape index (κ1) is 8.31. The van der Waals surface area contributed by atoms with Crippen LogP contribution in [0.25, 0.3) is 0 Å². The van der Waals surface area contributed by atoms with Gasteiger partial charge in [-0.15, -0.1) is 0 Å². The summed E-state index contributed by atoms with van der Waals surface area (Å²) in [5, 5.41) is 0. The van der Waals surface area contributed by atoms with Crippen LogP contribution in [0.1, 0.15) is 19.3 Å². The molecule has 0 N–H and O–H groups in total. The molecular formula is C9H15NO. The highest BCUT2D eigenvalue weighted by Crippen LogP contribution is 2.29. The monoisotopic (exact) mass is 153 g/mol. The molecule has 2 heteroatoms. The van der Waals surface area contributed by atoms with E-state index in [0.29, 0.717) is 0 Å². The number of hydrogen-bond acceptors (Lipinski definition) is 1. The Morgan fingerprint density at radius 1 is 1.64 bits per heavy atom. The molecule has 1 fully saturated rings. The third-order valence-corrected chi connectivity index (χ3v) is 2.17. The lowest BCUT2D eigenvalue weighted by Crippen LogP contribution is -2.27. The molecule has 11 heavy (non-hydrogen) atoms. The number of hydrogen-bond donors (Lipinski definition) is 0. The fraction of sp³-hybridized carbons (Fsp3) is 0.667. The van der Waals surface area contributed by atoms with Crippen LogP contribution in [0.4, 0.5) is 0 Å². The van der Waals surface area contributed by atoms with Gasteiger partial charge in [-0.3, -0.25) is 4.79 Å². The Morgan fingerprint density at radius 2 is 2.27 bits per heavy atom. The first-order chi connectivity index (χ1) is 5.11. The molecule has 2 nitrogen and oxygen atoms in total. The maximum absolute atomic E-state index is 11.4. The van der Waals surface area contributed by atoms with E-state index in [4.69, 9.17) is 0 Å². The van der Waals surface area contributed by atoms with Crippen molar-refractivity contribution < 1.29 is 4.79 Å². The van der Waals surface area contributed by atoms with Crippen molar-refractivity contribution in [2.45, 2.75) is 19.3 Å². The summed E-state index contributed by atoms with van der Waals surface area (Å²) < 4.78 is 0. The van der Waals surface area contributed by atoms with Gasteiger partial charge < -0.3 is 4.90 Å². The third kappa shape index (κ3) is 1.82. The predicted octanol–water partition coefficient (Wildman–Crippen LogP) is 1.43. The van der Waals surface area contributed by atoms with E-state index in [2.05, 4.69) is 6.58 Å². The van der Waals surface area contributed by atoms with E-state index in [1.807, 2.05) is 14.1 Å². The second kappa shape index (κ2) is 3.07. The van der Waals surface area contributed by atoms with Gasteiger partial charge in [-0.05, 0) is 19.3 Å². The van der Waals surface area contributed by atoms with Gasteiger partial charge in [0.15, 0.2) is 0 Å². The molecule has 0 aromatic heterocycles. The molecule has 0 aromatic carbocycles.